The van der Waals surface area contributed by atoms with Crippen molar-refractivity contribution in [2.24, 2.45) is 5.92 Å². The van der Waals surface area contributed by atoms with Crippen LogP contribution in [0.25, 0.3) is 0 Å². The van der Waals surface area contributed by atoms with Crippen LogP contribution in [0.3, 0.4) is 0 Å². The Morgan fingerprint density at radius 3 is 2.43 bits per heavy atom. The summed E-state index contributed by atoms with van der Waals surface area (Å²) in [4.78, 5) is 22.0. The van der Waals surface area contributed by atoms with Gasteiger partial charge >= 0.3 is 5.97 Å². The van der Waals surface area contributed by atoms with Gasteiger partial charge in [-0.2, -0.15) is 0 Å². The molecule has 0 saturated heterocycles. The Hall–Kier alpha value is -1.59. The van der Waals surface area contributed by atoms with Gasteiger partial charge in [0.15, 0.2) is 0 Å². The summed E-state index contributed by atoms with van der Waals surface area (Å²) in [5.74, 6) is -0.842. The van der Waals surface area contributed by atoms with E-state index in [0.717, 1.165) is 18.4 Å². The number of hydrogen-bond acceptors (Lipinski definition) is 3. The average Bonchev–Trinajstić information content (AvgIpc) is 2.40. The van der Waals surface area contributed by atoms with Crippen molar-refractivity contribution in [1.29, 1.82) is 0 Å². The van der Waals surface area contributed by atoms with E-state index in [1.54, 1.807) is 0 Å². The predicted molar refractivity (Wildman–Crippen MR) is 80.2 cm³/mol. The van der Waals surface area contributed by atoms with E-state index in [2.05, 4.69) is 10.6 Å². The smallest absolute Gasteiger partial charge is 0.322 e. The Kier molecular flexibility index (Phi) is 5.59. The van der Waals surface area contributed by atoms with E-state index in [-0.39, 0.29) is 25.0 Å². The maximum atomic E-state index is 11.6. The zero-order valence-electron chi connectivity index (χ0n) is 11.6. The molecule has 0 radical (unpaired) electrons. The predicted octanol–water partition coefficient (Wildman–Crippen LogP) is 1.97. The normalized spacial score (nSPS) is 16.0. The first kappa shape index (κ1) is 15.8. The minimum atomic E-state index is -1.04. The maximum Gasteiger partial charge on any atom is 0.322 e. The number of amides is 1. The minimum Gasteiger partial charge on any atom is -0.480 e. The highest BCUT2D eigenvalue weighted by Crippen LogP contribution is 2.37. The molecular formula is C15H19ClN2O3. The van der Waals surface area contributed by atoms with Crippen molar-refractivity contribution in [3.63, 3.8) is 0 Å². The molecule has 0 heterocycles. The first-order chi connectivity index (χ1) is 10.1. The van der Waals surface area contributed by atoms with Crippen LogP contribution >= 0.6 is 11.6 Å². The number of carbonyl (C=O) groups is 2. The third-order valence-corrected chi connectivity index (χ3v) is 4.02. The van der Waals surface area contributed by atoms with Crippen LogP contribution in [0.4, 0.5) is 0 Å². The van der Waals surface area contributed by atoms with Crippen LogP contribution in [0.5, 0.6) is 0 Å². The van der Waals surface area contributed by atoms with Gasteiger partial charge < -0.3 is 15.7 Å². The summed E-state index contributed by atoms with van der Waals surface area (Å²) in [5, 5.41) is 14.8. The van der Waals surface area contributed by atoms with E-state index in [0.29, 0.717) is 10.9 Å². The van der Waals surface area contributed by atoms with Gasteiger partial charge in [-0.05, 0) is 36.5 Å². The largest absolute Gasteiger partial charge is 0.480 e. The zero-order valence-corrected chi connectivity index (χ0v) is 12.4. The van der Waals surface area contributed by atoms with Crippen LogP contribution in [0.15, 0.2) is 24.3 Å². The molecule has 1 aliphatic rings. The number of carbonyl (C=O) groups excluding carboxylic acids is 1. The lowest BCUT2D eigenvalue weighted by Gasteiger charge is -2.34. The summed E-state index contributed by atoms with van der Waals surface area (Å²) in [6.45, 7) is -0.243. The molecule has 114 valence electrons. The highest BCUT2D eigenvalue weighted by Gasteiger charge is 2.28. The number of carboxylic acid groups (broad SMARTS) is 1. The van der Waals surface area contributed by atoms with Gasteiger partial charge in [-0.1, -0.05) is 30.2 Å². The van der Waals surface area contributed by atoms with Crippen molar-refractivity contribution in [1.82, 2.24) is 10.6 Å². The first-order valence-electron chi connectivity index (χ1n) is 7.03. The molecule has 1 aromatic rings. The number of hydrogen-bond donors (Lipinski definition) is 3. The van der Waals surface area contributed by atoms with Crippen LogP contribution in [-0.4, -0.2) is 30.1 Å². The van der Waals surface area contributed by atoms with E-state index in [1.807, 2.05) is 24.3 Å². The SMILES string of the molecule is O=C(O)CNC(=O)CNC(c1ccc(Cl)cc1)C1CCC1. The lowest BCUT2D eigenvalue weighted by Crippen LogP contribution is -2.40. The van der Waals surface area contributed by atoms with Crippen LogP contribution in [-0.2, 0) is 9.59 Å². The highest BCUT2D eigenvalue weighted by atomic mass is 35.5. The molecule has 1 amide bonds. The molecule has 6 heteroatoms. The van der Waals surface area contributed by atoms with Crippen LogP contribution in [0, 0.1) is 5.92 Å². The number of benzene rings is 1. The summed E-state index contributed by atoms with van der Waals surface area (Å²) in [6.07, 6.45) is 3.48. The van der Waals surface area contributed by atoms with Crippen molar-refractivity contribution in [2.45, 2.75) is 25.3 Å². The molecule has 0 aromatic heterocycles. The second-order valence-electron chi connectivity index (χ2n) is 5.27. The number of nitrogens with one attached hydrogen (secondary N) is 2. The fraction of sp³-hybridized carbons (Fsp3) is 0.467. The van der Waals surface area contributed by atoms with Crippen molar-refractivity contribution in [3.05, 3.63) is 34.9 Å². The molecular weight excluding hydrogens is 292 g/mol. The summed E-state index contributed by atoms with van der Waals surface area (Å²) >= 11 is 5.90. The number of rotatable bonds is 7. The van der Waals surface area contributed by atoms with E-state index in [9.17, 15) is 9.59 Å². The highest BCUT2D eigenvalue weighted by molar-refractivity contribution is 6.30. The van der Waals surface area contributed by atoms with Gasteiger partial charge in [-0.15, -0.1) is 0 Å². The van der Waals surface area contributed by atoms with Crippen LogP contribution in [0.2, 0.25) is 5.02 Å². The third-order valence-electron chi connectivity index (χ3n) is 3.77. The van der Waals surface area contributed by atoms with Gasteiger partial charge in [0.25, 0.3) is 0 Å². The monoisotopic (exact) mass is 310 g/mol. The summed E-state index contributed by atoms with van der Waals surface area (Å²) in [6, 6.07) is 7.72. The summed E-state index contributed by atoms with van der Waals surface area (Å²) in [7, 11) is 0. The van der Waals surface area contributed by atoms with Gasteiger partial charge in [-0.25, -0.2) is 0 Å². The number of halogens is 1. The van der Waals surface area contributed by atoms with Crippen LogP contribution in [0.1, 0.15) is 30.9 Å². The van der Waals surface area contributed by atoms with E-state index in [1.165, 1.54) is 6.42 Å². The molecule has 1 saturated carbocycles. The van der Waals surface area contributed by atoms with Gasteiger partial charge in [-0.3, -0.25) is 9.59 Å². The molecule has 2 rings (SSSR count). The molecule has 1 aromatic carbocycles. The molecule has 1 unspecified atom stereocenters. The van der Waals surface area contributed by atoms with Gasteiger partial charge in [0, 0.05) is 11.1 Å². The lowest BCUT2D eigenvalue weighted by atomic mass is 9.77. The Bertz CT molecular complexity index is 500. The molecule has 5 nitrogen and oxygen atoms in total. The second kappa shape index (κ2) is 7.43. The topological polar surface area (TPSA) is 78.4 Å². The molecule has 0 bridgehead atoms. The molecule has 3 N–H and O–H groups in total. The van der Waals surface area contributed by atoms with E-state index in [4.69, 9.17) is 16.7 Å². The number of aliphatic carboxylic acids is 1. The van der Waals surface area contributed by atoms with Crippen molar-refractivity contribution in [3.8, 4) is 0 Å². The van der Waals surface area contributed by atoms with Gasteiger partial charge in [0.05, 0.1) is 6.54 Å². The Morgan fingerprint density at radius 1 is 1.24 bits per heavy atom. The molecule has 1 fully saturated rings. The molecule has 1 atom stereocenters. The zero-order chi connectivity index (χ0) is 15.2. The van der Waals surface area contributed by atoms with E-state index >= 15 is 0 Å². The Labute approximate surface area is 128 Å². The quantitative estimate of drug-likeness (QED) is 0.719. The minimum absolute atomic E-state index is 0.103. The van der Waals surface area contributed by atoms with Crippen LogP contribution < -0.4 is 10.6 Å². The first-order valence-corrected chi connectivity index (χ1v) is 7.41. The van der Waals surface area contributed by atoms with Gasteiger partial charge in [0.2, 0.25) is 5.91 Å². The molecule has 0 aliphatic heterocycles. The average molecular weight is 311 g/mol. The number of carboxylic acids is 1. The lowest BCUT2D eigenvalue weighted by molar-refractivity contribution is -0.137. The Balaban J connectivity index is 1.92. The fourth-order valence-corrected chi connectivity index (χ4v) is 2.57. The molecule has 21 heavy (non-hydrogen) atoms. The van der Waals surface area contributed by atoms with Gasteiger partial charge in [0.1, 0.15) is 6.54 Å². The summed E-state index contributed by atoms with van der Waals surface area (Å²) in [5.41, 5.74) is 1.11. The van der Waals surface area contributed by atoms with E-state index < -0.39 is 5.97 Å². The van der Waals surface area contributed by atoms with Crippen molar-refractivity contribution in [2.75, 3.05) is 13.1 Å². The van der Waals surface area contributed by atoms with Crippen molar-refractivity contribution < 1.29 is 14.7 Å². The third kappa shape index (κ3) is 4.72. The van der Waals surface area contributed by atoms with Crippen molar-refractivity contribution >= 4 is 23.5 Å². The molecule has 1 aliphatic carbocycles. The molecule has 0 spiro atoms. The standard InChI is InChI=1S/C15H19ClN2O3/c16-12-6-4-11(5-7-12)15(10-2-1-3-10)18-8-13(19)17-9-14(20)21/h4-7,10,15,18H,1-3,8-9H2,(H,17,19)(H,20,21). The summed E-state index contributed by atoms with van der Waals surface area (Å²) < 4.78 is 0. The maximum absolute atomic E-state index is 11.6. The second-order valence-corrected chi connectivity index (χ2v) is 5.71. The Morgan fingerprint density at radius 2 is 1.90 bits per heavy atom. The fourth-order valence-electron chi connectivity index (χ4n) is 2.44.